The summed E-state index contributed by atoms with van der Waals surface area (Å²) >= 11 is 2.90. The number of aryl methyl sites for hydroxylation is 1. The lowest BCUT2D eigenvalue weighted by molar-refractivity contribution is -0.117. The van der Waals surface area contributed by atoms with Crippen molar-refractivity contribution in [1.29, 1.82) is 0 Å². The van der Waals surface area contributed by atoms with Crippen LogP contribution in [0, 0.1) is 18.6 Å². The summed E-state index contributed by atoms with van der Waals surface area (Å²) in [5.74, 6) is -2.11. The number of hydrogen-bond donors (Lipinski definition) is 1. The molecule has 4 rings (SSSR count). The minimum atomic E-state index is -4.02. The number of aromatic nitrogens is 2. The molecule has 2 heterocycles. The average Bonchev–Trinajstić information content (AvgIpc) is 3.25. The van der Waals surface area contributed by atoms with E-state index in [-0.39, 0.29) is 46.2 Å². The summed E-state index contributed by atoms with van der Waals surface area (Å²) in [5, 5.41) is 0. The molecule has 194 valence electrons. The van der Waals surface area contributed by atoms with E-state index >= 15 is 0 Å². The van der Waals surface area contributed by atoms with E-state index in [4.69, 9.17) is 9.47 Å². The zero-order valence-corrected chi connectivity index (χ0v) is 23.5. The van der Waals surface area contributed by atoms with Gasteiger partial charge in [-0.2, -0.15) is 13.4 Å². The number of ether oxygens (including phenoxy) is 2. The fourth-order valence-electron chi connectivity index (χ4n) is 3.51. The molecule has 0 saturated carbocycles. The Morgan fingerprint density at radius 1 is 1.22 bits per heavy atom. The molecule has 36 heavy (non-hydrogen) atoms. The van der Waals surface area contributed by atoms with E-state index in [0.717, 1.165) is 16.4 Å². The number of anilines is 1. The third-order valence-corrected chi connectivity index (χ3v) is 9.38. The van der Waals surface area contributed by atoms with Crippen LogP contribution in [0.15, 0.2) is 28.7 Å². The zero-order chi connectivity index (χ0) is 26.4. The van der Waals surface area contributed by atoms with Crippen molar-refractivity contribution >= 4 is 56.8 Å². The summed E-state index contributed by atoms with van der Waals surface area (Å²) in [4.78, 5) is 15.9. The van der Waals surface area contributed by atoms with E-state index in [2.05, 4.69) is 40.6 Å². The summed E-state index contributed by atoms with van der Waals surface area (Å²) in [6.07, 6.45) is 0. The Hall–Kier alpha value is -2.55. The van der Waals surface area contributed by atoms with Crippen LogP contribution in [-0.4, -0.2) is 45.1 Å². The van der Waals surface area contributed by atoms with Gasteiger partial charge in [-0.3, -0.25) is 9.36 Å². The average molecular weight is 604 g/mol. The smallest absolute Gasteiger partial charge is 0.326 e. The summed E-state index contributed by atoms with van der Waals surface area (Å²) in [6.45, 7) is 8.38. The SMILES string of the molecule is Cc1ccc(N2CC(=O)NS2(=O)=O)cc1Oc1nc2c(F)c(Br)c(F)cc2n1COCC[Si](C)(C)C. The van der Waals surface area contributed by atoms with Gasteiger partial charge in [-0.15, -0.1) is 0 Å². The number of imidazole rings is 1. The van der Waals surface area contributed by atoms with Crippen LogP contribution in [0.3, 0.4) is 0 Å². The molecular weight excluding hydrogens is 578 g/mol. The summed E-state index contributed by atoms with van der Waals surface area (Å²) in [5.41, 5.74) is 0.850. The predicted octanol–water partition coefficient (Wildman–Crippen LogP) is 4.67. The molecule has 1 fully saturated rings. The van der Waals surface area contributed by atoms with Crippen molar-refractivity contribution in [2.75, 3.05) is 17.5 Å². The largest absolute Gasteiger partial charge is 0.425 e. The summed E-state index contributed by atoms with van der Waals surface area (Å²) < 4.78 is 69.4. The Kier molecular flexibility index (Phi) is 7.16. The van der Waals surface area contributed by atoms with Crippen molar-refractivity contribution in [3.8, 4) is 11.8 Å². The first kappa shape index (κ1) is 26.5. The molecule has 1 N–H and O–H groups in total. The van der Waals surface area contributed by atoms with Gasteiger partial charge < -0.3 is 9.47 Å². The van der Waals surface area contributed by atoms with E-state index < -0.39 is 35.8 Å². The fraction of sp³-hybridized carbons (Fsp3) is 0.364. The Bertz CT molecular complexity index is 1460. The zero-order valence-electron chi connectivity index (χ0n) is 20.1. The second-order valence-electron chi connectivity index (χ2n) is 9.61. The maximum absolute atomic E-state index is 14.8. The predicted molar refractivity (Wildman–Crippen MR) is 137 cm³/mol. The van der Waals surface area contributed by atoms with Gasteiger partial charge in [0, 0.05) is 26.8 Å². The molecule has 0 spiro atoms. The molecule has 0 bridgehead atoms. The van der Waals surface area contributed by atoms with Gasteiger partial charge in [-0.1, -0.05) is 25.7 Å². The normalized spacial score (nSPS) is 15.5. The quantitative estimate of drug-likeness (QED) is 0.228. The van der Waals surface area contributed by atoms with E-state index in [0.29, 0.717) is 12.2 Å². The van der Waals surface area contributed by atoms with E-state index in [1.54, 1.807) is 13.0 Å². The fourth-order valence-corrected chi connectivity index (χ4v) is 5.71. The number of hydrogen-bond acceptors (Lipinski definition) is 6. The van der Waals surface area contributed by atoms with Crippen molar-refractivity contribution in [1.82, 2.24) is 14.3 Å². The molecule has 0 aliphatic carbocycles. The van der Waals surface area contributed by atoms with Gasteiger partial charge in [0.2, 0.25) is 0 Å². The lowest BCUT2D eigenvalue weighted by Crippen LogP contribution is -2.29. The molecule has 2 aromatic carbocycles. The van der Waals surface area contributed by atoms with Crippen molar-refractivity contribution < 1.29 is 31.5 Å². The Morgan fingerprint density at radius 2 is 1.94 bits per heavy atom. The second kappa shape index (κ2) is 9.72. The van der Waals surface area contributed by atoms with Crippen LogP contribution in [0.25, 0.3) is 11.0 Å². The summed E-state index contributed by atoms with van der Waals surface area (Å²) in [7, 11) is -5.39. The molecule has 1 aromatic heterocycles. The molecule has 1 aliphatic rings. The minimum Gasteiger partial charge on any atom is -0.425 e. The highest BCUT2D eigenvalue weighted by Gasteiger charge is 2.34. The lowest BCUT2D eigenvalue weighted by Gasteiger charge is -2.18. The highest BCUT2D eigenvalue weighted by atomic mass is 79.9. The van der Waals surface area contributed by atoms with Crippen LogP contribution in [0.2, 0.25) is 25.7 Å². The van der Waals surface area contributed by atoms with Gasteiger partial charge in [-0.05, 0) is 40.5 Å². The monoisotopic (exact) mass is 602 g/mol. The van der Waals surface area contributed by atoms with E-state index in [1.165, 1.54) is 16.7 Å². The lowest BCUT2D eigenvalue weighted by atomic mass is 10.2. The maximum Gasteiger partial charge on any atom is 0.326 e. The Balaban J connectivity index is 1.72. The van der Waals surface area contributed by atoms with Crippen LogP contribution in [-0.2, 0) is 26.5 Å². The molecule has 0 unspecified atom stereocenters. The molecule has 14 heteroatoms. The van der Waals surface area contributed by atoms with Crippen molar-refractivity contribution in [2.24, 2.45) is 0 Å². The van der Waals surface area contributed by atoms with Crippen LogP contribution in [0.1, 0.15) is 5.56 Å². The number of benzene rings is 2. The first-order valence-electron chi connectivity index (χ1n) is 11.0. The second-order valence-corrected chi connectivity index (χ2v) is 17.6. The molecule has 0 radical (unpaired) electrons. The number of rotatable bonds is 8. The molecule has 1 amide bonds. The van der Waals surface area contributed by atoms with Crippen LogP contribution in [0.4, 0.5) is 14.5 Å². The van der Waals surface area contributed by atoms with Crippen molar-refractivity contribution in [3.63, 3.8) is 0 Å². The molecular formula is C22H25BrF2N4O5SSi. The Morgan fingerprint density at radius 3 is 2.58 bits per heavy atom. The van der Waals surface area contributed by atoms with Gasteiger partial charge in [0.15, 0.2) is 5.82 Å². The van der Waals surface area contributed by atoms with Gasteiger partial charge in [0.1, 0.15) is 30.4 Å². The van der Waals surface area contributed by atoms with E-state index in [9.17, 15) is 22.0 Å². The number of fused-ring (bicyclic) bond motifs is 1. The number of carbonyl (C=O) groups is 1. The standard InChI is InChI=1S/C22H25BrF2N4O5SSi/c1-13-5-6-14(29-11-18(30)27-35(29,31)32)9-17(13)34-22-26-21-16(10-15(24)19(23)20(21)25)28(22)12-33-7-8-36(2,3)4/h5-6,9-10H,7-8,11-12H2,1-4H3,(H,27,30). The van der Waals surface area contributed by atoms with Crippen LogP contribution >= 0.6 is 15.9 Å². The van der Waals surface area contributed by atoms with Crippen LogP contribution < -0.4 is 13.8 Å². The number of nitrogens with zero attached hydrogens (tertiary/aromatic N) is 3. The number of amides is 1. The first-order valence-corrected chi connectivity index (χ1v) is 16.9. The van der Waals surface area contributed by atoms with Crippen molar-refractivity contribution in [2.45, 2.75) is 39.3 Å². The molecule has 9 nitrogen and oxygen atoms in total. The highest BCUT2D eigenvalue weighted by molar-refractivity contribution is 9.10. The Labute approximate surface area is 216 Å². The molecule has 1 aliphatic heterocycles. The first-order chi connectivity index (χ1) is 16.8. The third-order valence-electron chi connectivity index (χ3n) is 5.54. The topological polar surface area (TPSA) is 103 Å². The summed E-state index contributed by atoms with van der Waals surface area (Å²) in [6, 6.07) is 6.57. The number of halogens is 3. The van der Waals surface area contributed by atoms with Crippen molar-refractivity contribution in [3.05, 3.63) is 45.9 Å². The molecule has 1 saturated heterocycles. The van der Waals surface area contributed by atoms with Gasteiger partial charge in [-0.25, -0.2) is 17.8 Å². The number of nitrogens with one attached hydrogen (secondary N) is 1. The van der Waals surface area contributed by atoms with Crippen LogP contribution in [0.5, 0.6) is 11.8 Å². The van der Waals surface area contributed by atoms with Gasteiger partial charge in [0.25, 0.3) is 5.91 Å². The molecule has 3 aromatic rings. The molecule has 0 atom stereocenters. The third kappa shape index (κ3) is 5.40. The highest BCUT2D eigenvalue weighted by Crippen LogP contribution is 2.35. The number of carbonyl (C=O) groups excluding carboxylic acids is 1. The maximum atomic E-state index is 14.8. The van der Waals surface area contributed by atoms with E-state index in [1.807, 2.05) is 4.72 Å². The van der Waals surface area contributed by atoms with Gasteiger partial charge in [0.05, 0.1) is 15.7 Å². The van der Waals surface area contributed by atoms with Gasteiger partial charge >= 0.3 is 16.2 Å². The minimum absolute atomic E-state index is 0.0610.